The zero-order chi connectivity index (χ0) is 14.5. The van der Waals surface area contributed by atoms with Crippen LogP contribution in [0.4, 0.5) is 8.78 Å². The van der Waals surface area contributed by atoms with Crippen molar-refractivity contribution in [2.75, 3.05) is 6.54 Å². The first kappa shape index (κ1) is 14.9. The van der Waals surface area contributed by atoms with Gasteiger partial charge in [0.15, 0.2) is 0 Å². The zero-order valence-electron chi connectivity index (χ0n) is 11.2. The minimum Gasteiger partial charge on any atom is -0.310 e. The Kier molecular flexibility index (Phi) is 5.10. The van der Waals surface area contributed by atoms with Gasteiger partial charge in [0.05, 0.1) is 5.02 Å². The van der Waals surface area contributed by atoms with Crippen molar-refractivity contribution in [2.24, 2.45) is 0 Å². The van der Waals surface area contributed by atoms with Crippen LogP contribution in [0, 0.1) is 11.6 Å². The molecule has 0 amide bonds. The molecule has 0 aliphatic rings. The Morgan fingerprint density at radius 1 is 1.10 bits per heavy atom. The monoisotopic (exact) mass is 295 g/mol. The maximum atomic E-state index is 13.6. The van der Waals surface area contributed by atoms with Crippen LogP contribution in [-0.4, -0.2) is 6.54 Å². The highest BCUT2D eigenvalue weighted by molar-refractivity contribution is 6.31. The summed E-state index contributed by atoms with van der Waals surface area (Å²) in [7, 11) is 0. The van der Waals surface area contributed by atoms with Gasteiger partial charge in [-0.05, 0) is 42.3 Å². The molecule has 0 saturated carbocycles. The highest BCUT2D eigenvalue weighted by atomic mass is 35.5. The number of benzene rings is 2. The Morgan fingerprint density at radius 3 is 2.45 bits per heavy atom. The molecule has 0 aliphatic heterocycles. The van der Waals surface area contributed by atoms with Gasteiger partial charge < -0.3 is 5.32 Å². The number of hydrogen-bond donors (Lipinski definition) is 1. The third-order valence-electron chi connectivity index (χ3n) is 3.16. The number of hydrogen-bond acceptors (Lipinski definition) is 1. The van der Waals surface area contributed by atoms with E-state index in [9.17, 15) is 8.78 Å². The van der Waals surface area contributed by atoms with E-state index in [4.69, 9.17) is 11.6 Å². The van der Waals surface area contributed by atoms with Crippen LogP contribution in [0.2, 0.25) is 5.02 Å². The molecule has 1 unspecified atom stereocenters. The SMILES string of the molecule is CCNC(Cc1ccc(F)cc1)c1cccc(F)c1Cl. The number of halogens is 3. The van der Waals surface area contributed by atoms with Crippen LogP contribution in [0.25, 0.3) is 0 Å². The van der Waals surface area contributed by atoms with Gasteiger partial charge in [-0.2, -0.15) is 0 Å². The molecular formula is C16H16ClF2N. The molecule has 1 N–H and O–H groups in total. The normalized spacial score (nSPS) is 12.4. The third-order valence-corrected chi connectivity index (χ3v) is 3.56. The Labute approximate surface area is 122 Å². The molecule has 0 spiro atoms. The summed E-state index contributed by atoms with van der Waals surface area (Å²) in [5.74, 6) is -0.691. The minimum absolute atomic E-state index is 0.103. The first-order valence-electron chi connectivity index (χ1n) is 6.53. The van der Waals surface area contributed by atoms with Crippen molar-refractivity contribution in [3.05, 3.63) is 70.2 Å². The highest BCUT2D eigenvalue weighted by Gasteiger charge is 2.16. The van der Waals surface area contributed by atoms with Crippen LogP contribution >= 0.6 is 11.6 Å². The van der Waals surface area contributed by atoms with Gasteiger partial charge in [0, 0.05) is 6.04 Å². The molecule has 2 aromatic rings. The van der Waals surface area contributed by atoms with Crippen molar-refractivity contribution in [2.45, 2.75) is 19.4 Å². The summed E-state index contributed by atoms with van der Waals surface area (Å²) < 4.78 is 26.5. The second-order valence-electron chi connectivity index (χ2n) is 4.58. The lowest BCUT2D eigenvalue weighted by Gasteiger charge is -2.20. The van der Waals surface area contributed by atoms with Gasteiger partial charge in [-0.25, -0.2) is 8.78 Å². The molecule has 1 nitrogen and oxygen atoms in total. The van der Waals surface area contributed by atoms with Crippen molar-refractivity contribution in [1.29, 1.82) is 0 Å². The lowest BCUT2D eigenvalue weighted by atomic mass is 9.98. The van der Waals surface area contributed by atoms with Crippen molar-refractivity contribution >= 4 is 11.6 Å². The summed E-state index contributed by atoms with van der Waals surface area (Å²) >= 11 is 6.04. The molecule has 0 aromatic heterocycles. The second-order valence-corrected chi connectivity index (χ2v) is 4.96. The topological polar surface area (TPSA) is 12.0 Å². The van der Waals surface area contributed by atoms with Crippen LogP contribution in [0.15, 0.2) is 42.5 Å². The third kappa shape index (κ3) is 3.56. The molecule has 0 radical (unpaired) electrons. The van der Waals surface area contributed by atoms with Crippen LogP contribution in [0.3, 0.4) is 0 Å². The molecule has 2 rings (SSSR count). The first-order chi connectivity index (χ1) is 9.61. The Hall–Kier alpha value is -1.45. The van der Waals surface area contributed by atoms with E-state index < -0.39 is 5.82 Å². The quantitative estimate of drug-likeness (QED) is 0.855. The van der Waals surface area contributed by atoms with Crippen LogP contribution in [-0.2, 0) is 6.42 Å². The summed E-state index contributed by atoms with van der Waals surface area (Å²) in [6.45, 7) is 2.71. The van der Waals surface area contributed by atoms with Gasteiger partial charge in [0.25, 0.3) is 0 Å². The van der Waals surface area contributed by atoms with Crippen molar-refractivity contribution in [3.63, 3.8) is 0 Å². The van der Waals surface area contributed by atoms with Gasteiger partial charge >= 0.3 is 0 Å². The first-order valence-corrected chi connectivity index (χ1v) is 6.91. The van der Waals surface area contributed by atoms with Crippen LogP contribution in [0.5, 0.6) is 0 Å². The van der Waals surface area contributed by atoms with E-state index in [1.165, 1.54) is 18.2 Å². The molecular weight excluding hydrogens is 280 g/mol. The van der Waals surface area contributed by atoms with Crippen LogP contribution in [0.1, 0.15) is 24.1 Å². The molecule has 1 atom stereocenters. The summed E-state index contributed by atoms with van der Waals surface area (Å²) in [5.41, 5.74) is 1.69. The van der Waals surface area contributed by atoms with E-state index in [0.717, 1.165) is 17.7 Å². The minimum atomic E-state index is -0.425. The molecule has 4 heteroatoms. The predicted octanol–water partition coefficient (Wildman–Crippen LogP) is 4.51. The smallest absolute Gasteiger partial charge is 0.142 e. The summed E-state index contributed by atoms with van der Waals surface area (Å²) in [4.78, 5) is 0. The Morgan fingerprint density at radius 2 is 1.80 bits per heavy atom. The maximum Gasteiger partial charge on any atom is 0.142 e. The van der Waals surface area contributed by atoms with E-state index in [2.05, 4.69) is 5.32 Å². The number of rotatable bonds is 5. The molecule has 0 saturated heterocycles. The summed E-state index contributed by atoms with van der Waals surface area (Å²) in [5, 5.41) is 3.42. The standard InChI is InChI=1S/C16H16ClF2N/c1-2-20-15(10-11-6-8-12(18)9-7-11)13-4-3-5-14(19)16(13)17/h3-9,15,20H,2,10H2,1H3. The molecule has 106 valence electrons. The van der Waals surface area contributed by atoms with E-state index in [1.54, 1.807) is 18.2 Å². The van der Waals surface area contributed by atoms with Crippen molar-refractivity contribution < 1.29 is 8.78 Å². The number of nitrogens with one attached hydrogen (secondary N) is 1. The molecule has 2 aromatic carbocycles. The Bertz CT molecular complexity index is 569. The zero-order valence-corrected chi connectivity index (χ0v) is 11.9. The molecule has 20 heavy (non-hydrogen) atoms. The Balaban J connectivity index is 2.26. The van der Waals surface area contributed by atoms with E-state index >= 15 is 0 Å². The van der Waals surface area contributed by atoms with Gasteiger partial charge in [-0.15, -0.1) is 0 Å². The predicted molar refractivity (Wildman–Crippen MR) is 77.9 cm³/mol. The maximum absolute atomic E-state index is 13.6. The van der Waals surface area contributed by atoms with Gasteiger partial charge in [0.2, 0.25) is 0 Å². The van der Waals surface area contributed by atoms with E-state index in [-0.39, 0.29) is 16.9 Å². The molecule has 0 aliphatic carbocycles. The molecule has 0 bridgehead atoms. The molecule has 0 fully saturated rings. The van der Waals surface area contributed by atoms with Gasteiger partial charge in [-0.1, -0.05) is 42.8 Å². The average Bonchev–Trinajstić information content (AvgIpc) is 2.44. The average molecular weight is 296 g/mol. The highest BCUT2D eigenvalue weighted by Crippen LogP contribution is 2.28. The van der Waals surface area contributed by atoms with Gasteiger partial charge in [0.1, 0.15) is 11.6 Å². The fraction of sp³-hybridized carbons (Fsp3) is 0.250. The van der Waals surface area contributed by atoms with Gasteiger partial charge in [-0.3, -0.25) is 0 Å². The second kappa shape index (κ2) is 6.82. The van der Waals surface area contributed by atoms with E-state index in [1.807, 2.05) is 13.0 Å². The largest absolute Gasteiger partial charge is 0.310 e. The summed E-state index contributed by atoms with van der Waals surface area (Å²) in [6.07, 6.45) is 0.622. The lowest BCUT2D eigenvalue weighted by Crippen LogP contribution is -2.23. The van der Waals surface area contributed by atoms with Crippen molar-refractivity contribution in [3.8, 4) is 0 Å². The lowest BCUT2D eigenvalue weighted by molar-refractivity contribution is 0.542. The fourth-order valence-electron chi connectivity index (χ4n) is 2.18. The summed E-state index contributed by atoms with van der Waals surface area (Å²) in [6, 6.07) is 11.0. The molecule has 0 heterocycles. The van der Waals surface area contributed by atoms with Crippen molar-refractivity contribution in [1.82, 2.24) is 5.32 Å². The number of likely N-dealkylation sites (N-methyl/N-ethyl adjacent to an activating group) is 1. The van der Waals surface area contributed by atoms with Crippen LogP contribution < -0.4 is 5.32 Å². The van der Waals surface area contributed by atoms with E-state index in [0.29, 0.717) is 6.42 Å². The fourth-order valence-corrected chi connectivity index (χ4v) is 2.44.